The van der Waals surface area contributed by atoms with Gasteiger partial charge in [0.1, 0.15) is 6.61 Å². The van der Waals surface area contributed by atoms with Crippen molar-refractivity contribution in [3.8, 4) is 0 Å². The van der Waals surface area contributed by atoms with Crippen LogP contribution in [0.1, 0.15) is 18.4 Å². The van der Waals surface area contributed by atoms with Gasteiger partial charge in [-0.15, -0.1) is 0 Å². The van der Waals surface area contributed by atoms with E-state index in [9.17, 15) is 9.59 Å². The molecule has 0 radical (unpaired) electrons. The number of likely N-dealkylation sites (tertiary alicyclic amines) is 2. The summed E-state index contributed by atoms with van der Waals surface area (Å²) in [6.07, 6.45) is 1.14. The lowest BCUT2D eigenvalue weighted by Gasteiger charge is -2.38. The van der Waals surface area contributed by atoms with Gasteiger partial charge in [-0.05, 0) is 36.6 Å². The number of thiazole rings is 1. The highest BCUT2D eigenvalue weighted by atomic mass is 35.5. The number of carbonyl (C=O) groups excluding carboxylic acids is 2. The van der Waals surface area contributed by atoms with E-state index in [4.69, 9.17) is 21.1 Å². The van der Waals surface area contributed by atoms with E-state index in [1.807, 2.05) is 47.4 Å². The number of halogens is 1. The fourth-order valence-electron chi connectivity index (χ4n) is 5.16. The number of methoxy groups -OCH3 is 1. The molecular formula is C25H27ClN4O4S. The molecule has 2 aromatic carbocycles. The van der Waals surface area contributed by atoms with Crippen molar-refractivity contribution >= 4 is 50.3 Å². The van der Waals surface area contributed by atoms with E-state index in [-0.39, 0.29) is 31.3 Å². The SMILES string of the molecule is CO[C@H]1CN(CC(=O)Nc2nc3ccc(Cl)cc3s2)C[C@@]12CCCN2C(=O)OCc1ccccc1. The van der Waals surface area contributed by atoms with Gasteiger partial charge < -0.3 is 14.8 Å². The number of fused-ring (bicyclic) bond motifs is 1. The molecule has 1 aromatic heterocycles. The topological polar surface area (TPSA) is 84.0 Å². The van der Waals surface area contributed by atoms with Crippen LogP contribution in [-0.4, -0.2) is 71.7 Å². The van der Waals surface area contributed by atoms with E-state index >= 15 is 0 Å². The Kier molecular flexibility index (Phi) is 6.93. The van der Waals surface area contributed by atoms with E-state index < -0.39 is 5.54 Å². The van der Waals surface area contributed by atoms with Crippen LogP contribution in [0.25, 0.3) is 10.2 Å². The normalized spacial score (nSPS) is 22.2. The molecule has 3 aromatic rings. The third-order valence-corrected chi connectivity index (χ3v) is 7.89. The van der Waals surface area contributed by atoms with Crippen LogP contribution in [0.5, 0.6) is 0 Å². The molecule has 2 amide bonds. The van der Waals surface area contributed by atoms with Crippen molar-refractivity contribution in [1.29, 1.82) is 0 Å². The van der Waals surface area contributed by atoms with E-state index in [0.717, 1.165) is 28.6 Å². The summed E-state index contributed by atoms with van der Waals surface area (Å²) in [5.41, 5.74) is 1.24. The maximum absolute atomic E-state index is 13.1. The molecule has 2 saturated heterocycles. The number of nitrogens with zero attached hydrogens (tertiary/aromatic N) is 3. The zero-order valence-electron chi connectivity index (χ0n) is 19.4. The zero-order valence-corrected chi connectivity index (χ0v) is 21.0. The molecule has 0 saturated carbocycles. The Labute approximate surface area is 212 Å². The Morgan fingerprint density at radius 1 is 1.26 bits per heavy atom. The van der Waals surface area contributed by atoms with Gasteiger partial charge in [-0.1, -0.05) is 53.3 Å². The van der Waals surface area contributed by atoms with Gasteiger partial charge in [-0.3, -0.25) is 14.6 Å². The molecule has 10 heteroatoms. The Bertz CT molecular complexity index is 1220. The van der Waals surface area contributed by atoms with Gasteiger partial charge in [0, 0.05) is 31.8 Å². The third kappa shape index (κ3) is 4.99. The highest BCUT2D eigenvalue weighted by molar-refractivity contribution is 7.22. The lowest BCUT2D eigenvalue weighted by atomic mass is 9.92. The maximum Gasteiger partial charge on any atom is 0.410 e. The number of benzene rings is 2. The lowest BCUT2D eigenvalue weighted by Crippen LogP contribution is -2.56. The molecular weight excluding hydrogens is 488 g/mol. The average Bonchev–Trinajstić information content (AvgIpc) is 3.54. The van der Waals surface area contributed by atoms with Crippen molar-refractivity contribution in [2.75, 3.05) is 38.6 Å². The minimum atomic E-state index is -0.505. The number of amides is 2. The van der Waals surface area contributed by atoms with Crippen LogP contribution >= 0.6 is 22.9 Å². The van der Waals surface area contributed by atoms with Crippen LogP contribution < -0.4 is 5.32 Å². The fraction of sp³-hybridized carbons (Fsp3) is 0.400. The molecule has 2 fully saturated rings. The van der Waals surface area contributed by atoms with E-state index in [2.05, 4.69) is 10.3 Å². The van der Waals surface area contributed by atoms with Gasteiger partial charge >= 0.3 is 6.09 Å². The Balaban J connectivity index is 1.23. The first-order valence-electron chi connectivity index (χ1n) is 11.6. The maximum atomic E-state index is 13.1. The van der Waals surface area contributed by atoms with Crippen molar-refractivity contribution in [2.24, 2.45) is 0 Å². The predicted octanol–water partition coefficient (Wildman–Crippen LogP) is 4.39. The van der Waals surface area contributed by atoms with E-state index in [1.54, 1.807) is 18.1 Å². The molecule has 35 heavy (non-hydrogen) atoms. The van der Waals surface area contributed by atoms with Gasteiger partial charge in [-0.25, -0.2) is 9.78 Å². The number of hydrogen-bond donors (Lipinski definition) is 1. The molecule has 0 bridgehead atoms. The van der Waals surface area contributed by atoms with Crippen LogP contribution in [0, 0.1) is 0 Å². The van der Waals surface area contributed by atoms with Crippen molar-refractivity contribution in [1.82, 2.24) is 14.8 Å². The zero-order chi connectivity index (χ0) is 24.4. The highest BCUT2D eigenvalue weighted by Gasteiger charge is 2.55. The first-order valence-corrected chi connectivity index (χ1v) is 12.8. The van der Waals surface area contributed by atoms with Crippen molar-refractivity contribution in [3.05, 3.63) is 59.1 Å². The second-order valence-corrected chi connectivity index (χ2v) is 10.4. The van der Waals surface area contributed by atoms with Crippen molar-refractivity contribution < 1.29 is 19.1 Å². The highest BCUT2D eigenvalue weighted by Crippen LogP contribution is 2.40. The first-order chi connectivity index (χ1) is 17.0. The summed E-state index contributed by atoms with van der Waals surface area (Å²) >= 11 is 7.44. The average molecular weight is 515 g/mol. The van der Waals surface area contributed by atoms with Crippen LogP contribution in [0.2, 0.25) is 5.02 Å². The second kappa shape index (κ2) is 10.1. The lowest BCUT2D eigenvalue weighted by molar-refractivity contribution is -0.117. The largest absolute Gasteiger partial charge is 0.445 e. The molecule has 3 heterocycles. The quantitative estimate of drug-likeness (QED) is 0.525. The second-order valence-electron chi connectivity index (χ2n) is 8.97. The number of rotatable bonds is 6. The molecule has 0 unspecified atom stereocenters. The standard InChI is InChI=1S/C25H27ClN4O4S/c1-33-21-13-29(14-22(31)28-23-27-19-9-8-18(26)12-20(19)35-23)16-25(21)10-5-11-30(25)24(32)34-15-17-6-3-2-4-7-17/h2-4,6-9,12,21H,5,10-11,13-16H2,1H3,(H,27,28,31)/t21-,25-/m0/s1. The Morgan fingerprint density at radius 2 is 2.09 bits per heavy atom. The summed E-state index contributed by atoms with van der Waals surface area (Å²) < 4.78 is 12.4. The van der Waals surface area contributed by atoms with Gasteiger partial charge in [0.15, 0.2) is 5.13 Å². The monoisotopic (exact) mass is 514 g/mol. The summed E-state index contributed by atoms with van der Waals surface area (Å²) in [4.78, 5) is 34.2. The fourth-order valence-corrected chi connectivity index (χ4v) is 6.31. The first kappa shape index (κ1) is 24.0. The molecule has 1 spiro atoms. The molecule has 2 aliphatic rings. The minimum Gasteiger partial charge on any atom is -0.445 e. The molecule has 5 rings (SSSR count). The summed E-state index contributed by atoms with van der Waals surface area (Å²) in [6, 6.07) is 15.1. The van der Waals surface area contributed by atoms with Gasteiger partial charge in [0.05, 0.1) is 28.4 Å². The number of ether oxygens (including phenoxy) is 2. The number of anilines is 1. The van der Waals surface area contributed by atoms with Crippen LogP contribution in [0.4, 0.5) is 9.93 Å². The third-order valence-electron chi connectivity index (χ3n) is 6.72. The number of nitrogens with one attached hydrogen (secondary N) is 1. The van der Waals surface area contributed by atoms with Crippen LogP contribution in [0.15, 0.2) is 48.5 Å². The van der Waals surface area contributed by atoms with Crippen LogP contribution in [0.3, 0.4) is 0 Å². The van der Waals surface area contributed by atoms with Crippen molar-refractivity contribution in [3.63, 3.8) is 0 Å². The molecule has 2 aliphatic heterocycles. The summed E-state index contributed by atoms with van der Waals surface area (Å²) in [7, 11) is 1.66. The number of carbonyl (C=O) groups is 2. The molecule has 8 nitrogen and oxygen atoms in total. The van der Waals surface area contributed by atoms with E-state index in [0.29, 0.717) is 29.8 Å². The van der Waals surface area contributed by atoms with Crippen molar-refractivity contribution in [2.45, 2.75) is 31.1 Å². The van der Waals surface area contributed by atoms with Gasteiger partial charge in [-0.2, -0.15) is 0 Å². The van der Waals surface area contributed by atoms with Gasteiger partial charge in [0.2, 0.25) is 5.91 Å². The number of aromatic nitrogens is 1. The number of hydrogen-bond acceptors (Lipinski definition) is 7. The Morgan fingerprint density at radius 3 is 2.89 bits per heavy atom. The smallest absolute Gasteiger partial charge is 0.410 e. The van der Waals surface area contributed by atoms with E-state index in [1.165, 1.54) is 11.3 Å². The summed E-state index contributed by atoms with van der Waals surface area (Å²) in [5, 5.41) is 4.07. The molecule has 184 valence electrons. The summed E-state index contributed by atoms with van der Waals surface area (Å²) in [6.45, 7) is 2.13. The molecule has 0 aliphatic carbocycles. The molecule has 2 atom stereocenters. The molecule has 1 N–H and O–H groups in total. The minimum absolute atomic E-state index is 0.154. The Hall–Kier alpha value is -2.72. The van der Waals surface area contributed by atoms with Crippen LogP contribution in [-0.2, 0) is 20.9 Å². The van der Waals surface area contributed by atoms with Gasteiger partial charge in [0.25, 0.3) is 0 Å². The summed E-state index contributed by atoms with van der Waals surface area (Å²) in [5.74, 6) is -0.154. The predicted molar refractivity (Wildman–Crippen MR) is 136 cm³/mol.